The standard InChI is InChI=1S/C10H18B/c1-2-6-9(5-1)11-10-7-3-4-8-10/h9-10H,1-8H2/q-1. The third-order valence-electron chi connectivity index (χ3n) is 3.34. The number of rotatable bonds is 2. The minimum absolute atomic E-state index is 1.01. The minimum Gasteiger partial charge on any atom is -0.328 e. The van der Waals surface area contributed by atoms with Crippen LogP contribution in [-0.4, -0.2) is 7.28 Å². The van der Waals surface area contributed by atoms with Crippen LogP contribution in [0.3, 0.4) is 0 Å². The van der Waals surface area contributed by atoms with Gasteiger partial charge < -0.3 is 7.28 Å². The highest BCUT2D eigenvalue weighted by Crippen LogP contribution is 2.37. The lowest BCUT2D eigenvalue weighted by molar-refractivity contribution is 0.796. The summed E-state index contributed by atoms with van der Waals surface area (Å²) in [4.78, 5) is 0. The minimum atomic E-state index is 1.01. The van der Waals surface area contributed by atoms with Gasteiger partial charge in [0.05, 0.1) is 0 Å². The third-order valence-corrected chi connectivity index (χ3v) is 3.34. The molecule has 0 N–H and O–H groups in total. The Morgan fingerprint density at radius 2 is 1.00 bits per heavy atom. The van der Waals surface area contributed by atoms with Crippen molar-refractivity contribution in [3.05, 3.63) is 0 Å². The van der Waals surface area contributed by atoms with Gasteiger partial charge >= 0.3 is 0 Å². The fraction of sp³-hybridized carbons (Fsp3) is 1.00. The molecule has 0 spiro atoms. The van der Waals surface area contributed by atoms with E-state index in [9.17, 15) is 0 Å². The largest absolute Gasteiger partial charge is 0.328 e. The molecule has 0 aromatic rings. The Morgan fingerprint density at radius 3 is 1.36 bits per heavy atom. The van der Waals surface area contributed by atoms with Crippen molar-refractivity contribution in [2.75, 3.05) is 0 Å². The van der Waals surface area contributed by atoms with Crippen molar-refractivity contribution >= 4 is 7.28 Å². The van der Waals surface area contributed by atoms with Gasteiger partial charge in [0.15, 0.2) is 0 Å². The highest BCUT2D eigenvalue weighted by Gasteiger charge is 2.11. The Kier molecular flexibility index (Phi) is 2.55. The van der Waals surface area contributed by atoms with Crippen molar-refractivity contribution < 1.29 is 0 Å². The van der Waals surface area contributed by atoms with E-state index in [0.717, 1.165) is 11.6 Å². The summed E-state index contributed by atoms with van der Waals surface area (Å²) in [7, 11) is 2.68. The van der Waals surface area contributed by atoms with Crippen LogP contribution in [0.2, 0.25) is 11.6 Å². The first kappa shape index (κ1) is 7.70. The number of hydrogen-bond donors (Lipinski definition) is 0. The summed E-state index contributed by atoms with van der Waals surface area (Å²) in [6.07, 6.45) is 12.0. The second kappa shape index (κ2) is 3.64. The second-order valence-electron chi connectivity index (χ2n) is 4.28. The van der Waals surface area contributed by atoms with Crippen LogP contribution in [-0.2, 0) is 0 Å². The van der Waals surface area contributed by atoms with Gasteiger partial charge in [0.25, 0.3) is 0 Å². The van der Waals surface area contributed by atoms with Crippen molar-refractivity contribution in [3.8, 4) is 0 Å². The molecule has 2 rings (SSSR count). The highest BCUT2D eigenvalue weighted by molar-refractivity contribution is 6.39. The molecule has 11 heavy (non-hydrogen) atoms. The maximum Gasteiger partial charge on any atom is -0.0564 e. The molecule has 0 bridgehead atoms. The Bertz CT molecular complexity index is 96.0. The molecular formula is C10H18B-. The lowest BCUT2D eigenvalue weighted by Gasteiger charge is -2.30. The summed E-state index contributed by atoms with van der Waals surface area (Å²) >= 11 is 0. The molecular weight excluding hydrogens is 131 g/mol. The van der Waals surface area contributed by atoms with E-state index in [0.29, 0.717) is 0 Å². The van der Waals surface area contributed by atoms with Crippen LogP contribution in [0.25, 0.3) is 0 Å². The Morgan fingerprint density at radius 1 is 0.636 bits per heavy atom. The molecule has 2 radical (unpaired) electrons. The van der Waals surface area contributed by atoms with Crippen LogP contribution >= 0.6 is 0 Å². The van der Waals surface area contributed by atoms with E-state index in [1.54, 1.807) is 0 Å². The third kappa shape index (κ3) is 2.01. The Balaban J connectivity index is 1.71. The average Bonchev–Trinajstić information content (AvgIpc) is 2.60. The predicted octanol–water partition coefficient (Wildman–Crippen LogP) is 3.42. The van der Waals surface area contributed by atoms with E-state index in [2.05, 4.69) is 7.28 Å². The molecule has 2 fully saturated rings. The SMILES string of the molecule is [B-](C1CCCC1)C1CCCC1. The van der Waals surface area contributed by atoms with Crippen LogP contribution in [0, 0.1) is 0 Å². The van der Waals surface area contributed by atoms with Gasteiger partial charge in [-0.2, -0.15) is 0 Å². The van der Waals surface area contributed by atoms with Crippen LogP contribution in [0.4, 0.5) is 0 Å². The summed E-state index contributed by atoms with van der Waals surface area (Å²) in [6.45, 7) is 0. The maximum atomic E-state index is 2.68. The van der Waals surface area contributed by atoms with Gasteiger partial charge in [-0.05, 0) is 0 Å². The molecule has 0 saturated heterocycles. The van der Waals surface area contributed by atoms with Crippen molar-refractivity contribution in [1.29, 1.82) is 0 Å². The van der Waals surface area contributed by atoms with Crippen LogP contribution in [0.15, 0.2) is 0 Å². The van der Waals surface area contributed by atoms with Gasteiger partial charge in [-0.3, -0.25) is 0 Å². The molecule has 0 nitrogen and oxygen atoms in total. The molecule has 0 amide bonds. The lowest BCUT2D eigenvalue weighted by Crippen LogP contribution is -2.05. The first-order chi connectivity index (χ1) is 5.45. The zero-order chi connectivity index (χ0) is 7.52. The van der Waals surface area contributed by atoms with Crippen molar-refractivity contribution in [1.82, 2.24) is 0 Å². The highest BCUT2D eigenvalue weighted by atomic mass is 14.2. The molecule has 2 aliphatic rings. The second-order valence-corrected chi connectivity index (χ2v) is 4.28. The van der Waals surface area contributed by atoms with Gasteiger partial charge in [0, 0.05) is 0 Å². The molecule has 0 aliphatic heterocycles. The van der Waals surface area contributed by atoms with Gasteiger partial charge in [0.1, 0.15) is 0 Å². The summed E-state index contributed by atoms with van der Waals surface area (Å²) in [6, 6.07) is 0. The predicted molar refractivity (Wildman–Crippen MR) is 50.2 cm³/mol. The topological polar surface area (TPSA) is 0 Å². The molecule has 0 atom stereocenters. The smallest absolute Gasteiger partial charge is 0.0564 e. The van der Waals surface area contributed by atoms with E-state index in [4.69, 9.17) is 0 Å². The zero-order valence-electron chi connectivity index (χ0n) is 7.39. The molecule has 0 heterocycles. The zero-order valence-corrected chi connectivity index (χ0v) is 7.39. The number of hydrogen-bond acceptors (Lipinski definition) is 0. The van der Waals surface area contributed by atoms with Crippen molar-refractivity contribution in [2.24, 2.45) is 0 Å². The van der Waals surface area contributed by atoms with Crippen LogP contribution < -0.4 is 0 Å². The first-order valence-corrected chi connectivity index (χ1v) is 5.30. The first-order valence-electron chi connectivity index (χ1n) is 5.30. The molecule has 62 valence electrons. The van der Waals surface area contributed by atoms with Gasteiger partial charge in [-0.1, -0.05) is 51.4 Å². The molecule has 0 aromatic carbocycles. The fourth-order valence-electron chi connectivity index (χ4n) is 2.68. The van der Waals surface area contributed by atoms with Crippen molar-refractivity contribution in [2.45, 2.75) is 63.0 Å². The van der Waals surface area contributed by atoms with Crippen molar-refractivity contribution in [3.63, 3.8) is 0 Å². The monoisotopic (exact) mass is 149 g/mol. The summed E-state index contributed by atoms with van der Waals surface area (Å²) in [5, 5.41) is 0. The molecule has 0 unspecified atom stereocenters. The fourth-order valence-corrected chi connectivity index (χ4v) is 2.68. The van der Waals surface area contributed by atoms with Crippen LogP contribution in [0.1, 0.15) is 51.4 Å². The lowest BCUT2D eigenvalue weighted by atomic mass is 9.53. The quantitative estimate of drug-likeness (QED) is 0.527. The van der Waals surface area contributed by atoms with E-state index in [1.165, 1.54) is 51.4 Å². The van der Waals surface area contributed by atoms with E-state index < -0.39 is 0 Å². The van der Waals surface area contributed by atoms with E-state index >= 15 is 0 Å². The van der Waals surface area contributed by atoms with Gasteiger partial charge in [-0.25, -0.2) is 11.6 Å². The summed E-state index contributed by atoms with van der Waals surface area (Å²) < 4.78 is 0. The molecule has 0 aromatic heterocycles. The molecule has 2 aliphatic carbocycles. The van der Waals surface area contributed by atoms with E-state index in [1.807, 2.05) is 0 Å². The van der Waals surface area contributed by atoms with Crippen LogP contribution in [0.5, 0.6) is 0 Å². The van der Waals surface area contributed by atoms with E-state index in [-0.39, 0.29) is 0 Å². The summed E-state index contributed by atoms with van der Waals surface area (Å²) in [5.74, 6) is 2.02. The normalized spacial score (nSPS) is 28.4. The summed E-state index contributed by atoms with van der Waals surface area (Å²) in [5.41, 5.74) is 0. The Hall–Kier alpha value is 0.0649. The molecule has 2 saturated carbocycles. The van der Waals surface area contributed by atoms with Gasteiger partial charge in [0.2, 0.25) is 0 Å². The van der Waals surface area contributed by atoms with Gasteiger partial charge in [-0.15, -0.1) is 0 Å². The maximum absolute atomic E-state index is 2.68. The Labute approximate surface area is 71.0 Å². The average molecular weight is 149 g/mol. The molecule has 1 heteroatoms.